The molecule has 1 aliphatic heterocycles. The van der Waals surface area contributed by atoms with Gasteiger partial charge in [-0.3, -0.25) is 4.79 Å². The Bertz CT molecular complexity index is 454. The number of hydrogen-bond acceptors (Lipinski definition) is 3. The van der Waals surface area contributed by atoms with Gasteiger partial charge in [-0.1, -0.05) is 22.9 Å². The number of hydrogen-bond donors (Lipinski definition) is 0. The molecule has 1 aromatic rings. The Balaban J connectivity index is 2.10. The topological polar surface area (TPSA) is 35.5 Å². The molecule has 0 fully saturated rings. The van der Waals surface area contributed by atoms with E-state index in [4.69, 9.17) is 9.47 Å². The normalized spacial score (nSPS) is 15.3. The fourth-order valence-corrected chi connectivity index (χ4v) is 2.19. The zero-order valence-corrected chi connectivity index (χ0v) is 11.1. The third-order valence-electron chi connectivity index (χ3n) is 2.80. The van der Waals surface area contributed by atoms with Crippen LogP contribution >= 0.6 is 15.9 Å². The fraction of sp³-hybridized carbons (Fsp3) is 0.308. The van der Waals surface area contributed by atoms with Crippen molar-refractivity contribution < 1.29 is 14.3 Å². The Labute approximate surface area is 109 Å². The van der Waals surface area contributed by atoms with Crippen LogP contribution < -0.4 is 4.74 Å². The first-order valence-corrected chi connectivity index (χ1v) is 6.19. The minimum atomic E-state index is 0.173. The Hall–Kier alpha value is -1.29. The predicted octanol–water partition coefficient (Wildman–Crippen LogP) is 3.08. The predicted molar refractivity (Wildman–Crippen MR) is 67.7 cm³/mol. The van der Waals surface area contributed by atoms with E-state index in [1.165, 1.54) is 0 Å². The molecule has 0 amide bonds. The van der Waals surface area contributed by atoms with Gasteiger partial charge in [0.15, 0.2) is 0 Å². The molecule has 0 spiro atoms. The van der Waals surface area contributed by atoms with E-state index in [-0.39, 0.29) is 5.92 Å². The van der Waals surface area contributed by atoms with Crippen LogP contribution in [0.15, 0.2) is 34.5 Å². The zero-order valence-electron chi connectivity index (χ0n) is 9.48. The summed E-state index contributed by atoms with van der Waals surface area (Å²) in [5.41, 5.74) is 2.28. The van der Waals surface area contributed by atoms with Crippen molar-refractivity contribution in [2.45, 2.75) is 13.3 Å². The molecular weight excluding hydrogens is 284 g/mol. The Morgan fingerprint density at radius 3 is 3.18 bits per heavy atom. The molecule has 4 heteroatoms. The summed E-state index contributed by atoms with van der Waals surface area (Å²) in [5, 5.41) is 0. The summed E-state index contributed by atoms with van der Waals surface area (Å²) in [5.74, 6) is 1.06. The van der Waals surface area contributed by atoms with Crippen LogP contribution in [0.25, 0.3) is 0 Å². The van der Waals surface area contributed by atoms with Gasteiger partial charge in [0.2, 0.25) is 0 Å². The number of carbonyl (C=O) groups is 1. The molecule has 3 nitrogen and oxygen atoms in total. The second-order valence-corrected chi connectivity index (χ2v) is 4.99. The lowest BCUT2D eigenvalue weighted by Gasteiger charge is -2.21. The van der Waals surface area contributed by atoms with E-state index >= 15 is 0 Å². The molecule has 1 heterocycles. The summed E-state index contributed by atoms with van der Waals surface area (Å²) >= 11 is 3.44. The van der Waals surface area contributed by atoms with Crippen molar-refractivity contribution in [2.75, 3.05) is 6.61 Å². The molecule has 17 heavy (non-hydrogen) atoms. The van der Waals surface area contributed by atoms with Gasteiger partial charge in [0.25, 0.3) is 6.47 Å². The first-order chi connectivity index (χ1) is 8.20. The van der Waals surface area contributed by atoms with Crippen molar-refractivity contribution in [3.8, 4) is 5.75 Å². The quantitative estimate of drug-likeness (QED) is 0.801. The summed E-state index contributed by atoms with van der Waals surface area (Å²) in [6.45, 7) is 2.88. The zero-order chi connectivity index (χ0) is 12.3. The van der Waals surface area contributed by atoms with Crippen molar-refractivity contribution in [3.05, 3.63) is 40.1 Å². The lowest BCUT2D eigenvalue weighted by atomic mass is 9.94. The Morgan fingerprint density at radius 2 is 2.41 bits per heavy atom. The number of halogens is 1. The summed E-state index contributed by atoms with van der Waals surface area (Å²) in [7, 11) is 0. The maximum absolute atomic E-state index is 10.2. The molecule has 1 unspecified atom stereocenters. The van der Waals surface area contributed by atoms with Gasteiger partial charge < -0.3 is 9.47 Å². The standard InChI is InChI=1S/C13H13BrO3/c1-9(6-16-8-15)11-4-10-5-12(14)2-3-13(10)17-7-11/h2-3,5,7-9H,4,6H2,1H3. The monoisotopic (exact) mass is 296 g/mol. The van der Waals surface area contributed by atoms with Crippen molar-refractivity contribution in [1.82, 2.24) is 0 Å². The number of carbonyl (C=O) groups excluding carboxylic acids is 1. The molecule has 90 valence electrons. The van der Waals surface area contributed by atoms with Gasteiger partial charge in [-0.15, -0.1) is 0 Å². The highest BCUT2D eigenvalue weighted by molar-refractivity contribution is 9.10. The van der Waals surface area contributed by atoms with Gasteiger partial charge in [-0.25, -0.2) is 0 Å². The number of benzene rings is 1. The second-order valence-electron chi connectivity index (χ2n) is 4.07. The molecule has 0 bridgehead atoms. The summed E-state index contributed by atoms with van der Waals surface area (Å²) in [6.07, 6.45) is 2.59. The maximum atomic E-state index is 10.2. The maximum Gasteiger partial charge on any atom is 0.293 e. The highest BCUT2D eigenvalue weighted by atomic mass is 79.9. The van der Waals surface area contributed by atoms with Crippen molar-refractivity contribution in [1.29, 1.82) is 0 Å². The highest BCUT2D eigenvalue weighted by Gasteiger charge is 2.17. The van der Waals surface area contributed by atoms with E-state index in [0.29, 0.717) is 13.1 Å². The van der Waals surface area contributed by atoms with Crippen molar-refractivity contribution in [2.24, 2.45) is 5.92 Å². The van der Waals surface area contributed by atoms with E-state index in [2.05, 4.69) is 22.0 Å². The lowest BCUT2D eigenvalue weighted by Crippen LogP contribution is -2.14. The SMILES string of the molecule is CC(COC=O)C1=COc2ccc(Br)cc2C1. The van der Waals surface area contributed by atoms with Crippen molar-refractivity contribution in [3.63, 3.8) is 0 Å². The third kappa shape index (κ3) is 2.88. The minimum Gasteiger partial charge on any atom is -0.467 e. The molecule has 1 atom stereocenters. The summed E-state index contributed by atoms with van der Waals surface area (Å²) in [6, 6.07) is 5.95. The highest BCUT2D eigenvalue weighted by Crippen LogP contribution is 2.31. The van der Waals surface area contributed by atoms with Gasteiger partial charge in [0.1, 0.15) is 5.75 Å². The molecule has 2 rings (SSSR count). The average Bonchev–Trinajstić information content (AvgIpc) is 2.35. The van der Waals surface area contributed by atoms with Gasteiger partial charge in [-0.2, -0.15) is 0 Å². The van der Waals surface area contributed by atoms with E-state index in [1.54, 1.807) is 6.26 Å². The largest absolute Gasteiger partial charge is 0.467 e. The van der Waals surface area contributed by atoms with Crippen LogP contribution in [0.2, 0.25) is 0 Å². The lowest BCUT2D eigenvalue weighted by molar-refractivity contribution is -0.129. The summed E-state index contributed by atoms with van der Waals surface area (Å²) in [4.78, 5) is 10.2. The first kappa shape index (κ1) is 12.2. The van der Waals surface area contributed by atoms with E-state index in [0.717, 1.165) is 27.8 Å². The molecule has 0 aromatic heterocycles. The number of rotatable bonds is 4. The molecule has 0 N–H and O–H groups in total. The van der Waals surface area contributed by atoms with E-state index in [1.807, 2.05) is 19.1 Å². The Kier molecular flexibility index (Phi) is 3.84. The molecule has 1 aliphatic rings. The smallest absolute Gasteiger partial charge is 0.293 e. The van der Waals surface area contributed by atoms with Crippen LogP contribution in [-0.2, 0) is 16.0 Å². The van der Waals surface area contributed by atoms with Gasteiger partial charge in [-0.05, 0) is 23.8 Å². The van der Waals surface area contributed by atoms with Crippen LogP contribution in [0.4, 0.5) is 0 Å². The molecule has 1 aromatic carbocycles. The van der Waals surface area contributed by atoms with E-state index < -0.39 is 0 Å². The van der Waals surface area contributed by atoms with Gasteiger partial charge in [0.05, 0.1) is 12.9 Å². The molecular formula is C13H13BrO3. The van der Waals surface area contributed by atoms with Crippen LogP contribution in [0.1, 0.15) is 12.5 Å². The molecule has 0 aliphatic carbocycles. The third-order valence-corrected chi connectivity index (χ3v) is 3.29. The molecule has 0 radical (unpaired) electrons. The summed E-state index contributed by atoms with van der Waals surface area (Å²) < 4.78 is 11.4. The average molecular weight is 297 g/mol. The first-order valence-electron chi connectivity index (χ1n) is 5.40. The molecule has 0 saturated heterocycles. The van der Waals surface area contributed by atoms with Gasteiger partial charge in [0, 0.05) is 22.4 Å². The second kappa shape index (κ2) is 5.36. The minimum absolute atomic E-state index is 0.173. The van der Waals surface area contributed by atoms with Crippen LogP contribution in [0.5, 0.6) is 5.75 Å². The Morgan fingerprint density at radius 1 is 1.59 bits per heavy atom. The molecule has 0 saturated carbocycles. The van der Waals surface area contributed by atoms with Crippen LogP contribution in [0.3, 0.4) is 0 Å². The van der Waals surface area contributed by atoms with Crippen LogP contribution in [-0.4, -0.2) is 13.1 Å². The van der Waals surface area contributed by atoms with Crippen LogP contribution in [0, 0.1) is 5.92 Å². The number of ether oxygens (including phenoxy) is 2. The van der Waals surface area contributed by atoms with E-state index in [9.17, 15) is 4.79 Å². The number of fused-ring (bicyclic) bond motifs is 1. The van der Waals surface area contributed by atoms with Crippen molar-refractivity contribution >= 4 is 22.4 Å². The fourth-order valence-electron chi connectivity index (χ4n) is 1.78. The van der Waals surface area contributed by atoms with Gasteiger partial charge >= 0.3 is 0 Å².